The second-order valence-electron chi connectivity index (χ2n) is 7.31. The van der Waals surface area contributed by atoms with Gasteiger partial charge in [0.05, 0.1) is 6.20 Å². The fraction of sp³-hybridized carbons (Fsp3) is 0.400. The second kappa shape index (κ2) is 6.55. The average Bonchev–Trinajstić information content (AvgIpc) is 2.98. The molecule has 1 saturated carbocycles. The molecule has 0 spiro atoms. The van der Waals surface area contributed by atoms with E-state index in [2.05, 4.69) is 30.2 Å². The highest BCUT2D eigenvalue weighted by Gasteiger charge is 2.30. The van der Waals surface area contributed by atoms with Crippen LogP contribution in [0.3, 0.4) is 0 Å². The van der Waals surface area contributed by atoms with E-state index in [4.69, 9.17) is 4.98 Å². The number of anilines is 2. The van der Waals surface area contributed by atoms with Crippen LogP contribution in [0.15, 0.2) is 35.2 Å². The Kier molecular flexibility index (Phi) is 4.15. The van der Waals surface area contributed by atoms with E-state index in [1.165, 1.54) is 6.42 Å². The smallest absolute Gasteiger partial charge is 0.265 e. The van der Waals surface area contributed by atoms with Crippen LogP contribution in [0.2, 0.25) is 0 Å². The quantitative estimate of drug-likeness (QED) is 0.525. The van der Waals surface area contributed by atoms with Crippen LogP contribution in [-0.2, 0) is 6.42 Å². The van der Waals surface area contributed by atoms with E-state index < -0.39 is 6.43 Å². The Morgan fingerprint density at radius 3 is 2.78 bits per heavy atom. The van der Waals surface area contributed by atoms with Crippen molar-refractivity contribution in [3.05, 3.63) is 52.1 Å². The van der Waals surface area contributed by atoms with Crippen LogP contribution in [0.1, 0.15) is 55.0 Å². The summed E-state index contributed by atoms with van der Waals surface area (Å²) in [6.45, 7) is 0.767. The summed E-state index contributed by atoms with van der Waals surface area (Å²) in [5, 5.41) is 0. The van der Waals surface area contributed by atoms with Gasteiger partial charge in [0, 0.05) is 40.6 Å². The molecule has 0 radical (unpaired) electrons. The van der Waals surface area contributed by atoms with Crippen molar-refractivity contribution >= 4 is 33.0 Å². The van der Waals surface area contributed by atoms with Crippen molar-refractivity contribution in [2.45, 2.75) is 44.4 Å². The van der Waals surface area contributed by atoms with Gasteiger partial charge in [-0.05, 0) is 43.4 Å². The SMILES string of the molecule is FC(F)c1cc2c(cc1Br)CCCN2c1nc(C2CCC2)n2ccncc12. The number of aryl methyl sites for hydroxylation is 1. The Labute approximate surface area is 164 Å². The maximum atomic E-state index is 13.5. The van der Waals surface area contributed by atoms with Crippen LogP contribution in [-0.4, -0.2) is 20.9 Å². The van der Waals surface area contributed by atoms with Gasteiger partial charge in [0.2, 0.25) is 0 Å². The van der Waals surface area contributed by atoms with Crippen molar-refractivity contribution in [2.75, 3.05) is 11.4 Å². The first-order valence-electron chi connectivity index (χ1n) is 9.33. The van der Waals surface area contributed by atoms with Crippen LogP contribution < -0.4 is 4.90 Å². The van der Waals surface area contributed by atoms with Crippen LogP contribution in [0.5, 0.6) is 0 Å². The molecule has 7 heteroatoms. The van der Waals surface area contributed by atoms with Gasteiger partial charge in [0.15, 0.2) is 5.82 Å². The highest BCUT2D eigenvalue weighted by Crippen LogP contribution is 2.42. The second-order valence-corrected chi connectivity index (χ2v) is 8.17. The fourth-order valence-electron chi connectivity index (χ4n) is 4.11. The third-order valence-electron chi connectivity index (χ3n) is 5.73. The number of hydrogen-bond donors (Lipinski definition) is 0. The summed E-state index contributed by atoms with van der Waals surface area (Å²) in [5.41, 5.74) is 2.88. The van der Waals surface area contributed by atoms with Crippen molar-refractivity contribution in [3.8, 4) is 0 Å². The number of imidazole rings is 1. The van der Waals surface area contributed by atoms with Gasteiger partial charge in [-0.25, -0.2) is 13.8 Å². The third-order valence-corrected chi connectivity index (χ3v) is 6.42. The summed E-state index contributed by atoms with van der Waals surface area (Å²) in [4.78, 5) is 11.4. The van der Waals surface area contributed by atoms with Gasteiger partial charge >= 0.3 is 0 Å². The zero-order valence-electron chi connectivity index (χ0n) is 14.7. The molecule has 0 amide bonds. The number of benzene rings is 1. The van der Waals surface area contributed by atoms with E-state index in [0.717, 1.165) is 60.6 Å². The van der Waals surface area contributed by atoms with Gasteiger partial charge in [-0.1, -0.05) is 22.4 Å². The summed E-state index contributed by atoms with van der Waals surface area (Å²) >= 11 is 3.30. The minimum Gasteiger partial charge on any atom is -0.324 e. The fourth-order valence-corrected chi connectivity index (χ4v) is 4.67. The molecule has 4 nitrogen and oxygen atoms in total. The highest BCUT2D eigenvalue weighted by atomic mass is 79.9. The molecule has 5 rings (SSSR count). The molecule has 2 aromatic heterocycles. The molecule has 3 heterocycles. The van der Waals surface area contributed by atoms with E-state index >= 15 is 0 Å². The first-order valence-corrected chi connectivity index (χ1v) is 10.1. The van der Waals surface area contributed by atoms with Crippen molar-refractivity contribution in [2.24, 2.45) is 0 Å². The number of alkyl halides is 2. The molecule has 1 fully saturated rings. The molecule has 0 bridgehead atoms. The lowest BCUT2D eigenvalue weighted by Gasteiger charge is -2.31. The topological polar surface area (TPSA) is 33.4 Å². The molecule has 0 saturated heterocycles. The number of rotatable bonds is 3. The summed E-state index contributed by atoms with van der Waals surface area (Å²) in [5.74, 6) is 2.36. The van der Waals surface area contributed by atoms with Gasteiger partial charge in [-0.3, -0.25) is 9.38 Å². The van der Waals surface area contributed by atoms with Crippen molar-refractivity contribution in [3.63, 3.8) is 0 Å². The molecule has 27 heavy (non-hydrogen) atoms. The average molecular weight is 433 g/mol. The summed E-state index contributed by atoms with van der Waals surface area (Å²) < 4.78 is 29.5. The molecular formula is C20H19BrF2N4. The molecule has 0 atom stereocenters. The van der Waals surface area contributed by atoms with Crippen molar-refractivity contribution in [1.29, 1.82) is 0 Å². The monoisotopic (exact) mass is 432 g/mol. The molecule has 0 N–H and O–H groups in total. The van der Waals surface area contributed by atoms with Crippen LogP contribution in [0.25, 0.3) is 5.52 Å². The summed E-state index contributed by atoms with van der Waals surface area (Å²) in [6.07, 6.45) is 8.43. The first-order chi connectivity index (χ1) is 13.1. The molecule has 3 aromatic rings. The van der Waals surface area contributed by atoms with Crippen molar-refractivity contribution < 1.29 is 8.78 Å². The molecule has 0 unspecified atom stereocenters. The van der Waals surface area contributed by atoms with E-state index in [-0.39, 0.29) is 5.56 Å². The lowest BCUT2D eigenvalue weighted by atomic mass is 9.85. The van der Waals surface area contributed by atoms with E-state index in [0.29, 0.717) is 10.4 Å². The summed E-state index contributed by atoms with van der Waals surface area (Å²) in [7, 11) is 0. The van der Waals surface area contributed by atoms with E-state index in [1.807, 2.05) is 18.5 Å². The van der Waals surface area contributed by atoms with Crippen LogP contribution >= 0.6 is 15.9 Å². The number of nitrogens with zero attached hydrogens (tertiary/aromatic N) is 4. The predicted octanol–water partition coefficient (Wildman–Crippen LogP) is 5.78. The Morgan fingerprint density at radius 2 is 2.04 bits per heavy atom. The largest absolute Gasteiger partial charge is 0.324 e. The summed E-state index contributed by atoms with van der Waals surface area (Å²) in [6, 6.07) is 3.46. The maximum absolute atomic E-state index is 13.5. The van der Waals surface area contributed by atoms with E-state index in [9.17, 15) is 8.78 Å². The third kappa shape index (κ3) is 2.74. The predicted molar refractivity (Wildman–Crippen MR) is 104 cm³/mol. The molecular weight excluding hydrogens is 414 g/mol. The lowest BCUT2D eigenvalue weighted by Crippen LogP contribution is -2.25. The number of hydrogen-bond acceptors (Lipinski definition) is 3. The number of aromatic nitrogens is 3. The highest BCUT2D eigenvalue weighted by molar-refractivity contribution is 9.10. The lowest BCUT2D eigenvalue weighted by molar-refractivity contribution is 0.150. The number of halogens is 3. The Bertz CT molecular complexity index is 1010. The van der Waals surface area contributed by atoms with Gasteiger partial charge in [-0.15, -0.1) is 0 Å². The Morgan fingerprint density at radius 1 is 1.19 bits per heavy atom. The van der Waals surface area contributed by atoms with E-state index in [1.54, 1.807) is 12.3 Å². The van der Waals surface area contributed by atoms with Gasteiger partial charge in [0.1, 0.15) is 11.3 Å². The molecule has 140 valence electrons. The first kappa shape index (κ1) is 17.1. The zero-order chi connectivity index (χ0) is 18.5. The minimum absolute atomic E-state index is 0.0292. The molecule has 1 aromatic carbocycles. The standard InChI is InChI=1S/C20H19BrF2N4/c21-15-9-13-5-2-7-26(16(13)10-14(15)18(22)23)20-17-11-24-6-8-27(17)19(25-20)12-3-1-4-12/h6,8-12,18H,1-5,7H2. The van der Waals surface area contributed by atoms with Gasteiger partial charge in [-0.2, -0.15) is 0 Å². The Hall–Kier alpha value is -2.02. The maximum Gasteiger partial charge on any atom is 0.265 e. The molecule has 1 aliphatic carbocycles. The van der Waals surface area contributed by atoms with Crippen LogP contribution in [0.4, 0.5) is 20.3 Å². The van der Waals surface area contributed by atoms with Gasteiger partial charge < -0.3 is 4.90 Å². The molecule has 1 aliphatic heterocycles. The number of fused-ring (bicyclic) bond motifs is 2. The van der Waals surface area contributed by atoms with Crippen molar-refractivity contribution in [1.82, 2.24) is 14.4 Å². The normalized spacial score (nSPS) is 17.4. The molecule has 2 aliphatic rings. The van der Waals surface area contributed by atoms with Crippen LogP contribution in [0, 0.1) is 0 Å². The Balaban J connectivity index is 1.68. The minimum atomic E-state index is -2.51. The van der Waals surface area contributed by atoms with Gasteiger partial charge in [0.25, 0.3) is 6.43 Å². The zero-order valence-corrected chi connectivity index (χ0v) is 16.3.